The molecule has 4 rings (SSSR count). The van der Waals surface area contributed by atoms with Gasteiger partial charge in [-0.25, -0.2) is 4.68 Å². The third-order valence-corrected chi connectivity index (χ3v) is 5.86. The first kappa shape index (κ1) is 17.1. The van der Waals surface area contributed by atoms with Crippen LogP contribution in [0, 0.1) is 4.77 Å². The van der Waals surface area contributed by atoms with Gasteiger partial charge in [0.1, 0.15) is 5.82 Å². The van der Waals surface area contributed by atoms with Gasteiger partial charge in [0.15, 0.2) is 4.77 Å². The van der Waals surface area contributed by atoms with Crippen molar-refractivity contribution < 1.29 is 0 Å². The highest BCUT2D eigenvalue weighted by Gasteiger charge is 2.30. The minimum Gasteiger partial charge on any atom is -0.368 e. The summed E-state index contributed by atoms with van der Waals surface area (Å²) in [7, 11) is 0. The third kappa shape index (κ3) is 3.48. The van der Waals surface area contributed by atoms with Crippen molar-refractivity contribution in [3.8, 4) is 0 Å². The lowest BCUT2D eigenvalue weighted by Crippen LogP contribution is -2.47. The lowest BCUT2D eigenvalue weighted by molar-refractivity contribution is 0.194. The van der Waals surface area contributed by atoms with E-state index in [1.165, 1.54) is 18.7 Å². The molecule has 0 atom stereocenters. The van der Waals surface area contributed by atoms with Crippen molar-refractivity contribution in [2.24, 2.45) is 0 Å². The van der Waals surface area contributed by atoms with E-state index < -0.39 is 0 Å². The number of rotatable bonds is 5. The molecule has 2 heterocycles. The number of aromatic nitrogens is 3. The number of anilines is 1. The summed E-state index contributed by atoms with van der Waals surface area (Å²) in [6.45, 7) is 7.76. The third-order valence-electron chi connectivity index (χ3n) is 5.11. The van der Waals surface area contributed by atoms with Crippen LogP contribution in [0.4, 0.5) is 5.69 Å². The summed E-state index contributed by atoms with van der Waals surface area (Å²) in [5, 5.41) is 5.65. The fourth-order valence-electron chi connectivity index (χ4n) is 3.52. The first-order valence-electron chi connectivity index (χ1n) is 9.06. The van der Waals surface area contributed by atoms with E-state index >= 15 is 0 Å². The van der Waals surface area contributed by atoms with Crippen molar-refractivity contribution in [2.45, 2.75) is 38.9 Å². The molecule has 5 nitrogen and oxygen atoms in total. The maximum atomic E-state index is 6.33. The summed E-state index contributed by atoms with van der Waals surface area (Å²) >= 11 is 12.0. The molecule has 2 aliphatic rings. The fourth-order valence-corrected chi connectivity index (χ4v) is 4.09. The summed E-state index contributed by atoms with van der Waals surface area (Å²) in [5.41, 5.74) is 1.13. The number of hydrogen-bond donors (Lipinski definition) is 0. The first-order chi connectivity index (χ1) is 12.2. The summed E-state index contributed by atoms with van der Waals surface area (Å²) in [6, 6.07) is 8.08. The van der Waals surface area contributed by atoms with Crippen molar-refractivity contribution in [1.82, 2.24) is 19.2 Å². The quantitative estimate of drug-likeness (QED) is 0.742. The van der Waals surface area contributed by atoms with Crippen LogP contribution in [0.5, 0.6) is 0 Å². The zero-order chi connectivity index (χ0) is 17.4. The molecule has 1 aliphatic carbocycles. The molecule has 1 saturated heterocycles. The van der Waals surface area contributed by atoms with Crippen LogP contribution in [0.3, 0.4) is 0 Å². The van der Waals surface area contributed by atoms with Gasteiger partial charge in [0.05, 0.1) is 17.4 Å². The molecule has 0 radical (unpaired) electrons. The van der Waals surface area contributed by atoms with Crippen LogP contribution in [0.25, 0.3) is 0 Å². The van der Waals surface area contributed by atoms with Gasteiger partial charge in [0, 0.05) is 38.6 Å². The Labute approximate surface area is 158 Å². The lowest BCUT2D eigenvalue weighted by atomic mass is 10.2. The normalized spacial score (nSPS) is 18.7. The molecule has 0 N–H and O–H groups in total. The van der Waals surface area contributed by atoms with Crippen LogP contribution in [-0.2, 0) is 13.2 Å². The molecular weight excluding hydrogens is 354 g/mol. The Hall–Kier alpha value is -1.37. The minimum absolute atomic E-state index is 0.625. The predicted octanol–water partition coefficient (Wildman–Crippen LogP) is 3.74. The van der Waals surface area contributed by atoms with Gasteiger partial charge in [-0.1, -0.05) is 23.7 Å². The molecule has 134 valence electrons. The van der Waals surface area contributed by atoms with E-state index in [-0.39, 0.29) is 0 Å². The second-order valence-electron chi connectivity index (χ2n) is 6.86. The van der Waals surface area contributed by atoms with Crippen LogP contribution >= 0.6 is 23.8 Å². The van der Waals surface area contributed by atoms with E-state index in [0.29, 0.717) is 5.92 Å². The fraction of sp³-hybridized carbons (Fsp3) is 0.556. The molecule has 1 aromatic heterocycles. The first-order valence-corrected chi connectivity index (χ1v) is 9.85. The van der Waals surface area contributed by atoms with Gasteiger partial charge in [-0.2, -0.15) is 5.10 Å². The molecule has 7 heteroatoms. The van der Waals surface area contributed by atoms with E-state index in [1.807, 2.05) is 22.9 Å². The highest BCUT2D eigenvalue weighted by Crippen LogP contribution is 2.39. The van der Waals surface area contributed by atoms with Crippen molar-refractivity contribution in [3.05, 3.63) is 39.9 Å². The van der Waals surface area contributed by atoms with Crippen LogP contribution < -0.4 is 4.90 Å². The summed E-state index contributed by atoms with van der Waals surface area (Å²) in [4.78, 5) is 4.78. The summed E-state index contributed by atoms with van der Waals surface area (Å²) < 4.78 is 5.07. The Morgan fingerprint density at radius 3 is 2.52 bits per heavy atom. The largest absolute Gasteiger partial charge is 0.368 e. The summed E-state index contributed by atoms with van der Waals surface area (Å²) in [6.07, 6.45) is 2.50. The Morgan fingerprint density at radius 2 is 1.88 bits per heavy atom. The molecule has 0 amide bonds. The van der Waals surface area contributed by atoms with Gasteiger partial charge < -0.3 is 9.47 Å². The van der Waals surface area contributed by atoms with Gasteiger partial charge in [-0.05, 0) is 44.1 Å². The van der Waals surface area contributed by atoms with E-state index in [2.05, 4.69) is 27.4 Å². The van der Waals surface area contributed by atoms with Gasteiger partial charge in [0.2, 0.25) is 0 Å². The van der Waals surface area contributed by atoms with Crippen molar-refractivity contribution in [3.63, 3.8) is 0 Å². The maximum absolute atomic E-state index is 6.33. The molecule has 25 heavy (non-hydrogen) atoms. The Bertz CT molecular complexity index is 802. The van der Waals surface area contributed by atoms with E-state index in [9.17, 15) is 0 Å². The molecular formula is C18H24ClN5S. The molecule has 1 saturated carbocycles. The average molecular weight is 378 g/mol. The SMILES string of the molecule is CCn1c(C2CC2)nn(CN2CCN(c3ccccc3Cl)CC2)c1=S. The zero-order valence-corrected chi connectivity index (χ0v) is 16.1. The lowest BCUT2D eigenvalue weighted by Gasteiger charge is -2.36. The number of hydrogen-bond acceptors (Lipinski definition) is 4. The molecule has 0 bridgehead atoms. The van der Waals surface area contributed by atoms with E-state index in [1.54, 1.807) is 0 Å². The average Bonchev–Trinajstić information content (AvgIpc) is 3.42. The molecule has 0 spiro atoms. The van der Waals surface area contributed by atoms with E-state index in [0.717, 1.165) is 54.9 Å². The minimum atomic E-state index is 0.625. The molecule has 2 aromatic rings. The number of halogens is 1. The van der Waals surface area contributed by atoms with Crippen LogP contribution in [0.1, 0.15) is 31.5 Å². The Kier molecular flexibility index (Phi) is 4.84. The van der Waals surface area contributed by atoms with Crippen molar-refractivity contribution in [2.75, 3.05) is 31.1 Å². The monoisotopic (exact) mass is 377 g/mol. The standard InChI is InChI=1S/C18H24ClN5S/c1-2-23-17(14-7-8-14)20-24(18(23)25)13-21-9-11-22(12-10-21)16-6-4-3-5-15(16)19/h3-6,14H,2,7-13H2,1H3. The Balaban J connectivity index is 1.42. The number of nitrogens with zero attached hydrogens (tertiary/aromatic N) is 5. The van der Waals surface area contributed by atoms with Gasteiger partial charge >= 0.3 is 0 Å². The summed E-state index contributed by atoms with van der Waals surface area (Å²) in [5.74, 6) is 1.81. The molecule has 2 fully saturated rings. The molecule has 0 unspecified atom stereocenters. The second-order valence-corrected chi connectivity index (χ2v) is 7.63. The van der Waals surface area contributed by atoms with Crippen LogP contribution in [0.15, 0.2) is 24.3 Å². The molecule has 1 aromatic carbocycles. The van der Waals surface area contributed by atoms with Crippen LogP contribution in [0.2, 0.25) is 5.02 Å². The zero-order valence-electron chi connectivity index (χ0n) is 14.6. The highest BCUT2D eigenvalue weighted by atomic mass is 35.5. The van der Waals surface area contributed by atoms with Crippen molar-refractivity contribution >= 4 is 29.5 Å². The molecule has 1 aliphatic heterocycles. The predicted molar refractivity (Wildman–Crippen MR) is 104 cm³/mol. The smallest absolute Gasteiger partial charge is 0.199 e. The maximum Gasteiger partial charge on any atom is 0.199 e. The second kappa shape index (κ2) is 7.09. The highest BCUT2D eigenvalue weighted by molar-refractivity contribution is 7.71. The Morgan fingerprint density at radius 1 is 1.16 bits per heavy atom. The van der Waals surface area contributed by atoms with Crippen molar-refractivity contribution in [1.29, 1.82) is 0 Å². The van der Waals surface area contributed by atoms with Gasteiger partial charge in [-0.3, -0.25) is 4.90 Å². The number of piperazine rings is 1. The number of benzene rings is 1. The van der Waals surface area contributed by atoms with E-state index in [4.69, 9.17) is 28.9 Å². The van der Waals surface area contributed by atoms with Gasteiger partial charge in [-0.15, -0.1) is 0 Å². The van der Waals surface area contributed by atoms with Gasteiger partial charge in [0.25, 0.3) is 0 Å². The van der Waals surface area contributed by atoms with Crippen LogP contribution in [-0.4, -0.2) is 45.4 Å². The number of para-hydroxylation sites is 1. The topological polar surface area (TPSA) is 29.2 Å².